The number of benzene rings is 1. The fraction of sp³-hybridized carbons (Fsp3) is 0.368. The summed E-state index contributed by atoms with van der Waals surface area (Å²) >= 11 is 0. The summed E-state index contributed by atoms with van der Waals surface area (Å²) in [6.07, 6.45) is 3.75. The van der Waals surface area contributed by atoms with Crippen molar-refractivity contribution in [2.45, 2.75) is 19.4 Å². The molecule has 28 heavy (non-hydrogen) atoms. The summed E-state index contributed by atoms with van der Waals surface area (Å²) in [6.45, 7) is 2.07. The molecule has 4 rings (SSSR count). The maximum Gasteiger partial charge on any atom is 0.271 e. The van der Waals surface area contributed by atoms with E-state index in [2.05, 4.69) is 35.1 Å². The number of nitrogens with one attached hydrogen (secondary N) is 1. The molecule has 3 aromatic rings. The Hall–Kier alpha value is -3.36. The van der Waals surface area contributed by atoms with Crippen molar-refractivity contribution in [2.24, 2.45) is 0 Å². The van der Waals surface area contributed by atoms with Crippen molar-refractivity contribution in [3.05, 3.63) is 42.0 Å². The molecule has 0 radical (unpaired) electrons. The maximum atomic E-state index is 12.5. The van der Waals surface area contributed by atoms with Crippen LogP contribution in [0.25, 0.3) is 11.0 Å². The first-order valence-electron chi connectivity index (χ1n) is 9.27. The standard InChI is InChI=1S/C19H22N8O/c1-26(2)18-23-16(24-19(25-18)27-9-5-6-10-27)12-21-17(28)15-11-20-13-7-3-4-8-14(13)22-15/h3-4,7-8,11H,5-6,9-10,12H2,1-2H3,(H,21,28). The van der Waals surface area contributed by atoms with E-state index in [9.17, 15) is 4.79 Å². The predicted octanol–water partition coefficient (Wildman–Crippen LogP) is 1.41. The number of fused-ring (bicyclic) bond motifs is 1. The van der Waals surface area contributed by atoms with E-state index >= 15 is 0 Å². The summed E-state index contributed by atoms with van der Waals surface area (Å²) in [5.41, 5.74) is 1.70. The first-order valence-corrected chi connectivity index (χ1v) is 9.27. The van der Waals surface area contributed by atoms with Crippen LogP contribution in [0.4, 0.5) is 11.9 Å². The topological polar surface area (TPSA) is 100 Å². The molecular formula is C19H22N8O. The molecule has 0 bridgehead atoms. The number of carbonyl (C=O) groups excluding carboxylic acids is 1. The summed E-state index contributed by atoms with van der Waals surface area (Å²) in [4.78, 5) is 38.7. The zero-order valence-corrected chi connectivity index (χ0v) is 16.0. The summed E-state index contributed by atoms with van der Waals surface area (Å²) in [6, 6.07) is 7.44. The van der Waals surface area contributed by atoms with Crippen LogP contribution in [0.3, 0.4) is 0 Å². The number of hydrogen-bond donors (Lipinski definition) is 1. The molecule has 1 aromatic carbocycles. The van der Waals surface area contributed by atoms with Crippen LogP contribution < -0.4 is 15.1 Å². The Morgan fingerprint density at radius 2 is 1.82 bits per heavy atom. The van der Waals surface area contributed by atoms with Gasteiger partial charge in [0.15, 0.2) is 5.82 Å². The van der Waals surface area contributed by atoms with Crippen molar-refractivity contribution in [1.82, 2.24) is 30.2 Å². The zero-order valence-electron chi connectivity index (χ0n) is 16.0. The van der Waals surface area contributed by atoms with Gasteiger partial charge < -0.3 is 15.1 Å². The van der Waals surface area contributed by atoms with Gasteiger partial charge in [0.2, 0.25) is 11.9 Å². The van der Waals surface area contributed by atoms with Crippen LogP contribution in [-0.2, 0) is 6.54 Å². The molecule has 1 fully saturated rings. The predicted molar refractivity (Wildman–Crippen MR) is 106 cm³/mol. The number of amides is 1. The average molecular weight is 378 g/mol. The van der Waals surface area contributed by atoms with Gasteiger partial charge in [0.05, 0.1) is 23.8 Å². The van der Waals surface area contributed by atoms with Crippen LogP contribution in [0.5, 0.6) is 0 Å². The molecule has 1 saturated heterocycles. The lowest BCUT2D eigenvalue weighted by molar-refractivity contribution is 0.0945. The van der Waals surface area contributed by atoms with Gasteiger partial charge in [0.25, 0.3) is 5.91 Å². The normalized spacial score (nSPS) is 13.7. The van der Waals surface area contributed by atoms with Gasteiger partial charge in [0, 0.05) is 27.2 Å². The first-order chi connectivity index (χ1) is 13.6. The van der Waals surface area contributed by atoms with Crippen molar-refractivity contribution in [2.75, 3.05) is 37.0 Å². The highest BCUT2D eigenvalue weighted by atomic mass is 16.1. The van der Waals surface area contributed by atoms with E-state index in [4.69, 9.17) is 0 Å². The largest absolute Gasteiger partial charge is 0.347 e. The highest BCUT2D eigenvalue weighted by Gasteiger charge is 2.18. The Morgan fingerprint density at radius 1 is 1.07 bits per heavy atom. The molecule has 0 atom stereocenters. The minimum absolute atomic E-state index is 0.192. The number of nitrogens with zero attached hydrogens (tertiary/aromatic N) is 7. The fourth-order valence-electron chi connectivity index (χ4n) is 3.05. The minimum Gasteiger partial charge on any atom is -0.347 e. The average Bonchev–Trinajstić information content (AvgIpc) is 3.26. The van der Waals surface area contributed by atoms with E-state index in [-0.39, 0.29) is 18.1 Å². The third-order valence-electron chi connectivity index (χ3n) is 4.54. The van der Waals surface area contributed by atoms with Gasteiger partial charge in [0.1, 0.15) is 5.69 Å². The molecule has 1 aliphatic heterocycles. The van der Waals surface area contributed by atoms with Crippen LogP contribution in [-0.4, -0.2) is 58.0 Å². The molecule has 0 aliphatic carbocycles. The maximum absolute atomic E-state index is 12.5. The van der Waals surface area contributed by atoms with E-state index in [1.165, 1.54) is 6.20 Å². The Kier molecular flexibility index (Phi) is 4.96. The second-order valence-electron chi connectivity index (χ2n) is 6.87. The van der Waals surface area contributed by atoms with Crippen molar-refractivity contribution >= 4 is 28.8 Å². The molecule has 1 N–H and O–H groups in total. The Labute approximate surface area is 162 Å². The van der Waals surface area contributed by atoms with Crippen molar-refractivity contribution in [3.8, 4) is 0 Å². The van der Waals surface area contributed by atoms with Crippen LogP contribution in [0.1, 0.15) is 29.2 Å². The second kappa shape index (κ2) is 7.71. The highest BCUT2D eigenvalue weighted by molar-refractivity contribution is 5.93. The van der Waals surface area contributed by atoms with Gasteiger partial charge in [-0.3, -0.25) is 9.78 Å². The molecule has 0 saturated carbocycles. The third-order valence-corrected chi connectivity index (χ3v) is 4.54. The molecule has 0 spiro atoms. The number of aromatic nitrogens is 5. The van der Waals surface area contributed by atoms with E-state index in [0.717, 1.165) is 31.4 Å². The summed E-state index contributed by atoms with van der Waals surface area (Å²) in [5.74, 6) is 1.44. The molecular weight excluding hydrogens is 356 g/mol. The van der Waals surface area contributed by atoms with E-state index in [1.54, 1.807) is 0 Å². The third kappa shape index (κ3) is 3.83. The number of para-hydroxylation sites is 2. The van der Waals surface area contributed by atoms with Crippen molar-refractivity contribution in [1.29, 1.82) is 0 Å². The van der Waals surface area contributed by atoms with Gasteiger partial charge in [-0.15, -0.1) is 0 Å². The first kappa shape index (κ1) is 18.0. The summed E-state index contributed by atoms with van der Waals surface area (Å²) in [5, 5.41) is 2.83. The summed E-state index contributed by atoms with van der Waals surface area (Å²) < 4.78 is 0. The van der Waals surface area contributed by atoms with Crippen LogP contribution in [0.15, 0.2) is 30.5 Å². The number of anilines is 2. The van der Waals surface area contributed by atoms with E-state index in [1.807, 2.05) is 43.3 Å². The Bertz CT molecular complexity index is 1000. The molecule has 1 amide bonds. The molecule has 144 valence electrons. The van der Waals surface area contributed by atoms with Gasteiger partial charge in [-0.2, -0.15) is 15.0 Å². The smallest absolute Gasteiger partial charge is 0.271 e. The lowest BCUT2D eigenvalue weighted by atomic mass is 10.3. The highest BCUT2D eigenvalue weighted by Crippen LogP contribution is 2.18. The molecule has 3 heterocycles. The Balaban J connectivity index is 1.52. The molecule has 9 nitrogen and oxygen atoms in total. The zero-order chi connectivity index (χ0) is 19.5. The number of carbonyl (C=O) groups is 1. The minimum atomic E-state index is -0.312. The SMILES string of the molecule is CN(C)c1nc(CNC(=O)c2cnc3ccccc3n2)nc(N2CCCC2)n1. The van der Waals surface area contributed by atoms with Crippen LogP contribution in [0, 0.1) is 0 Å². The molecule has 0 unspecified atom stereocenters. The van der Waals surface area contributed by atoms with Crippen LogP contribution >= 0.6 is 0 Å². The quantitative estimate of drug-likeness (QED) is 0.711. The van der Waals surface area contributed by atoms with Gasteiger partial charge in [-0.1, -0.05) is 12.1 Å². The lowest BCUT2D eigenvalue weighted by Gasteiger charge is -2.18. The molecule has 1 aliphatic rings. The molecule has 9 heteroatoms. The van der Waals surface area contributed by atoms with Gasteiger partial charge in [-0.05, 0) is 25.0 Å². The Morgan fingerprint density at radius 3 is 2.57 bits per heavy atom. The van der Waals surface area contributed by atoms with E-state index < -0.39 is 0 Å². The monoisotopic (exact) mass is 378 g/mol. The fourth-order valence-corrected chi connectivity index (χ4v) is 3.05. The lowest BCUT2D eigenvalue weighted by Crippen LogP contribution is -2.28. The van der Waals surface area contributed by atoms with E-state index in [0.29, 0.717) is 23.2 Å². The molecule has 2 aromatic heterocycles. The summed E-state index contributed by atoms with van der Waals surface area (Å²) in [7, 11) is 3.77. The van der Waals surface area contributed by atoms with Crippen LogP contribution in [0.2, 0.25) is 0 Å². The van der Waals surface area contributed by atoms with Gasteiger partial charge >= 0.3 is 0 Å². The second-order valence-corrected chi connectivity index (χ2v) is 6.87. The van der Waals surface area contributed by atoms with Gasteiger partial charge in [-0.25, -0.2) is 4.98 Å². The van der Waals surface area contributed by atoms with Crippen molar-refractivity contribution in [3.63, 3.8) is 0 Å². The number of rotatable bonds is 5. The van der Waals surface area contributed by atoms with Crippen molar-refractivity contribution < 1.29 is 4.79 Å². The number of hydrogen-bond acceptors (Lipinski definition) is 8.